The number of halogens is 1. The predicted octanol–water partition coefficient (Wildman–Crippen LogP) is 4.05. The molecule has 1 aliphatic carbocycles. The van der Waals surface area contributed by atoms with Crippen LogP contribution < -0.4 is 5.32 Å². The lowest BCUT2D eigenvalue weighted by Gasteiger charge is -2.38. The third kappa shape index (κ3) is 6.19. The highest BCUT2D eigenvalue weighted by Gasteiger charge is 2.37. The summed E-state index contributed by atoms with van der Waals surface area (Å²) in [5, 5.41) is 3.41. The highest BCUT2D eigenvalue weighted by Crippen LogP contribution is 2.27. The Hall–Kier alpha value is -1.11. The molecule has 1 saturated carbocycles. The van der Waals surface area contributed by atoms with Crippen molar-refractivity contribution in [1.29, 1.82) is 0 Å². The van der Waals surface area contributed by atoms with Crippen molar-refractivity contribution in [2.24, 2.45) is 5.92 Å². The maximum atomic E-state index is 12.5. The van der Waals surface area contributed by atoms with Gasteiger partial charge >= 0.3 is 0 Å². The zero-order valence-corrected chi connectivity index (χ0v) is 17.9. The number of sulfonamides is 1. The lowest BCUT2D eigenvalue weighted by atomic mass is 9.90. The van der Waals surface area contributed by atoms with E-state index < -0.39 is 10.0 Å². The largest absolute Gasteiger partial charge is 0.355 e. The monoisotopic (exact) mass is 425 g/mol. The van der Waals surface area contributed by atoms with Crippen LogP contribution in [0.5, 0.6) is 0 Å². The molecule has 1 saturated heterocycles. The number of amides is 1. The van der Waals surface area contributed by atoms with E-state index in [4.69, 9.17) is 11.6 Å². The van der Waals surface area contributed by atoms with Crippen molar-refractivity contribution >= 4 is 27.5 Å². The van der Waals surface area contributed by atoms with Crippen LogP contribution in [0.4, 0.5) is 0 Å². The number of carbonyl (C=O) groups excluding carboxylic acids is 1. The van der Waals surface area contributed by atoms with E-state index in [0.29, 0.717) is 24.7 Å². The van der Waals surface area contributed by atoms with E-state index in [2.05, 4.69) is 5.32 Å². The molecule has 1 heterocycles. The van der Waals surface area contributed by atoms with E-state index in [0.717, 1.165) is 31.6 Å². The second-order valence-electron chi connectivity index (χ2n) is 7.23. The quantitative estimate of drug-likeness (QED) is 0.773. The minimum atomic E-state index is -3.49. The molecule has 7 heteroatoms. The van der Waals surface area contributed by atoms with Crippen molar-refractivity contribution in [3.8, 4) is 0 Å². The molecule has 2 aliphatic rings. The molecule has 1 aromatic rings. The van der Waals surface area contributed by atoms with Crippen molar-refractivity contribution in [3.05, 3.63) is 50.1 Å². The zero-order chi connectivity index (χ0) is 18.6. The Morgan fingerprint density at radius 2 is 1.68 bits per heavy atom. The van der Waals surface area contributed by atoms with Crippen molar-refractivity contribution in [2.75, 3.05) is 19.6 Å². The number of nitrogens with zero attached hydrogens (tertiary/aromatic N) is 1. The van der Waals surface area contributed by atoms with Crippen molar-refractivity contribution in [1.82, 2.24) is 9.62 Å². The molecule has 1 N–H and O–H groups in total. The third-order valence-electron chi connectivity index (χ3n) is 5.19. The van der Waals surface area contributed by atoms with Gasteiger partial charge in [0.2, 0.25) is 15.9 Å². The van der Waals surface area contributed by atoms with E-state index in [-0.39, 0.29) is 31.6 Å². The summed E-state index contributed by atoms with van der Waals surface area (Å²) in [6, 6.07) is 6.32. The summed E-state index contributed by atoms with van der Waals surface area (Å²) in [7, 11) is -3.49. The molecule has 0 atom stereocenters. The van der Waals surface area contributed by atoms with Crippen LogP contribution in [0.1, 0.15) is 44.9 Å². The predicted molar refractivity (Wildman–Crippen MR) is 113 cm³/mol. The zero-order valence-electron chi connectivity index (χ0n) is 16.3. The number of nitrogens with one attached hydrogen (secondary N) is 1. The first-order chi connectivity index (χ1) is 12.5. The number of rotatable bonds is 5. The molecular weight excluding hydrogens is 396 g/mol. The Bertz CT molecular complexity index is 725. The van der Waals surface area contributed by atoms with Gasteiger partial charge in [-0.15, -0.1) is 0 Å². The van der Waals surface area contributed by atoms with E-state index in [1.165, 1.54) is 29.6 Å². The standard InChI is InChI=1S/C19H26ClN2O3S.2CH2/c20-17-9-6-10-18(11-17)26(24,25)22-13-15(14-22)12-21-19(23)16-7-4-2-1-3-5-8-16;;/h6,9-11,15H,1-5,7-8,12-14H2,(H,21,23);2*1H2. The molecular formula is C21H30ClN2O3S. The second-order valence-corrected chi connectivity index (χ2v) is 9.60. The lowest BCUT2D eigenvalue weighted by Crippen LogP contribution is -2.53. The molecule has 0 aromatic heterocycles. The SMILES string of the molecule is O=C(NCC1CN(S(=O)(=O)c2cccc(Cl)c2)C1)[C]1CCCCCCC1.[CH2].[CH2]. The Labute approximate surface area is 175 Å². The van der Waals surface area contributed by atoms with Crippen molar-refractivity contribution in [3.63, 3.8) is 0 Å². The summed E-state index contributed by atoms with van der Waals surface area (Å²) in [6.45, 7) is 1.40. The summed E-state index contributed by atoms with van der Waals surface area (Å²) in [5.74, 6) is 1.23. The molecule has 155 valence electrons. The minimum Gasteiger partial charge on any atom is -0.355 e. The fourth-order valence-electron chi connectivity index (χ4n) is 3.55. The minimum absolute atomic E-state index is 0. The van der Waals surface area contributed by atoms with E-state index in [9.17, 15) is 13.2 Å². The Morgan fingerprint density at radius 3 is 2.29 bits per heavy atom. The molecule has 0 bridgehead atoms. The maximum Gasteiger partial charge on any atom is 0.243 e. The molecule has 5 radical (unpaired) electrons. The Morgan fingerprint density at radius 1 is 1.07 bits per heavy atom. The van der Waals surface area contributed by atoms with Crippen LogP contribution in [0, 0.1) is 26.7 Å². The second kappa shape index (κ2) is 11.2. The van der Waals surface area contributed by atoms with Crippen LogP contribution in [-0.4, -0.2) is 38.3 Å². The summed E-state index contributed by atoms with van der Waals surface area (Å²) in [4.78, 5) is 12.6. The number of carbonyl (C=O) groups is 1. The van der Waals surface area contributed by atoms with Gasteiger partial charge < -0.3 is 5.32 Å². The molecule has 5 nitrogen and oxygen atoms in total. The number of hydrogen-bond donors (Lipinski definition) is 1. The Kier molecular flexibility index (Phi) is 9.95. The van der Waals surface area contributed by atoms with Crippen LogP contribution in [0.15, 0.2) is 29.2 Å². The van der Waals surface area contributed by atoms with Gasteiger partial charge in [0.15, 0.2) is 0 Å². The molecule has 0 spiro atoms. The van der Waals surface area contributed by atoms with Gasteiger partial charge in [0, 0.05) is 30.6 Å². The lowest BCUT2D eigenvalue weighted by molar-refractivity contribution is -0.120. The van der Waals surface area contributed by atoms with Gasteiger partial charge in [-0.3, -0.25) is 4.79 Å². The average Bonchev–Trinajstić information content (AvgIpc) is 2.52. The Balaban J connectivity index is 0.00000196. The normalized spacial score (nSPS) is 19.3. The van der Waals surface area contributed by atoms with Gasteiger partial charge in [0.1, 0.15) is 0 Å². The highest BCUT2D eigenvalue weighted by molar-refractivity contribution is 7.89. The van der Waals surface area contributed by atoms with Crippen LogP contribution in [-0.2, 0) is 14.8 Å². The van der Waals surface area contributed by atoms with Crippen molar-refractivity contribution < 1.29 is 13.2 Å². The van der Waals surface area contributed by atoms with Crippen molar-refractivity contribution in [2.45, 2.75) is 49.8 Å². The van der Waals surface area contributed by atoms with Gasteiger partial charge in [0.05, 0.1) is 10.8 Å². The smallest absolute Gasteiger partial charge is 0.243 e. The van der Waals surface area contributed by atoms with E-state index >= 15 is 0 Å². The first kappa shape index (κ1) is 24.9. The highest BCUT2D eigenvalue weighted by atomic mass is 35.5. The maximum absolute atomic E-state index is 12.5. The summed E-state index contributed by atoms with van der Waals surface area (Å²) in [5.41, 5.74) is 0. The first-order valence-corrected chi connectivity index (χ1v) is 11.2. The van der Waals surface area contributed by atoms with Gasteiger partial charge in [-0.25, -0.2) is 8.42 Å². The van der Waals surface area contributed by atoms with E-state index in [1.807, 2.05) is 0 Å². The molecule has 1 aliphatic heterocycles. The van der Waals surface area contributed by atoms with Crippen LogP contribution in [0.2, 0.25) is 5.02 Å². The van der Waals surface area contributed by atoms with Crippen LogP contribution >= 0.6 is 11.6 Å². The average molecular weight is 426 g/mol. The summed E-state index contributed by atoms with van der Waals surface area (Å²) in [6.07, 6.45) is 7.66. The van der Waals surface area contributed by atoms with Gasteiger partial charge in [-0.2, -0.15) is 4.31 Å². The van der Waals surface area contributed by atoms with Gasteiger partial charge in [0.25, 0.3) is 0 Å². The fourth-order valence-corrected chi connectivity index (χ4v) is 5.44. The molecule has 28 heavy (non-hydrogen) atoms. The van der Waals surface area contributed by atoms with Gasteiger partial charge in [-0.05, 0) is 31.0 Å². The molecule has 1 amide bonds. The fraction of sp³-hybridized carbons (Fsp3) is 0.524. The summed E-state index contributed by atoms with van der Waals surface area (Å²) >= 11 is 5.89. The topological polar surface area (TPSA) is 66.5 Å². The molecule has 1 aromatic carbocycles. The number of hydrogen-bond acceptors (Lipinski definition) is 3. The molecule has 3 rings (SSSR count). The molecule has 2 fully saturated rings. The number of benzene rings is 1. The first-order valence-electron chi connectivity index (χ1n) is 9.35. The summed E-state index contributed by atoms with van der Waals surface area (Å²) < 4.78 is 26.5. The third-order valence-corrected chi connectivity index (χ3v) is 7.25. The molecule has 0 unspecified atom stereocenters. The van der Waals surface area contributed by atoms with Crippen LogP contribution in [0.3, 0.4) is 0 Å². The van der Waals surface area contributed by atoms with Crippen LogP contribution in [0.25, 0.3) is 0 Å². The van der Waals surface area contributed by atoms with E-state index in [1.54, 1.807) is 18.2 Å². The van der Waals surface area contributed by atoms with Gasteiger partial charge in [-0.1, -0.05) is 64.6 Å².